The Kier molecular flexibility index (Phi) is 11.1. The van der Waals surface area contributed by atoms with Crippen molar-refractivity contribution in [2.24, 2.45) is 11.7 Å². The molecular weight excluding hydrogens is 317 g/mol. The average molecular weight is 344 g/mol. The van der Waals surface area contributed by atoms with Crippen LogP contribution in [0.15, 0.2) is 0 Å². The Morgan fingerprint density at radius 3 is 2.55 bits per heavy atom. The molecule has 1 amide bonds. The first-order valence-electron chi connectivity index (χ1n) is 7.08. The fourth-order valence-corrected chi connectivity index (χ4v) is 3.79. The number of halogens is 2. The lowest BCUT2D eigenvalue weighted by molar-refractivity contribution is -0.122. The number of nitrogens with one attached hydrogen (secondary N) is 1. The molecule has 0 spiro atoms. The summed E-state index contributed by atoms with van der Waals surface area (Å²) in [6.45, 7) is 4.09. The maximum absolute atomic E-state index is 11.8. The van der Waals surface area contributed by atoms with Crippen molar-refractivity contribution >= 4 is 42.5 Å². The van der Waals surface area contributed by atoms with Crippen LogP contribution in [0.4, 0.5) is 0 Å². The molecule has 0 bridgehead atoms. The molecule has 0 aromatic rings. The molecule has 4 nitrogen and oxygen atoms in total. The van der Waals surface area contributed by atoms with E-state index in [1.54, 1.807) is 0 Å². The number of nitrogens with two attached hydrogens (primary N) is 1. The molecule has 1 aliphatic heterocycles. The maximum Gasteiger partial charge on any atom is 0.220 e. The summed E-state index contributed by atoms with van der Waals surface area (Å²) in [6, 6.07) is 0.245. The fraction of sp³-hybridized carbons (Fsp3) is 0.923. The normalized spacial score (nSPS) is 26.4. The minimum Gasteiger partial charge on any atom is -0.355 e. The molecule has 2 atom stereocenters. The van der Waals surface area contributed by atoms with Crippen molar-refractivity contribution in [1.29, 1.82) is 0 Å². The van der Waals surface area contributed by atoms with Crippen LogP contribution in [-0.2, 0) is 4.79 Å². The summed E-state index contributed by atoms with van der Waals surface area (Å²) >= 11 is 2.02. The van der Waals surface area contributed by atoms with E-state index in [-0.39, 0.29) is 36.8 Å². The van der Waals surface area contributed by atoms with Crippen molar-refractivity contribution in [2.45, 2.75) is 31.7 Å². The van der Waals surface area contributed by atoms with Gasteiger partial charge in [-0.05, 0) is 18.8 Å². The van der Waals surface area contributed by atoms with Gasteiger partial charge in [0.15, 0.2) is 0 Å². The Hall–Kier alpha value is 0.320. The molecule has 1 aliphatic carbocycles. The van der Waals surface area contributed by atoms with E-state index in [2.05, 4.69) is 10.2 Å². The van der Waals surface area contributed by atoms with E-state index in [1.807, 2.05) is 11.8 Å². The summed E-state index contributed by atoms with van der Waals surface area (Å²) in [5.41, 5.74) is 5.98. The smallest absolute Gasteiger partial charge is 0.220 e. The molecule has 2 fully saturated rings. The van der Waals surface area contributed by atoms with Crippen molar-refractivity contribution in [3.8, 4) is 0 Å². The molecule has 1 saturated heterocycles. The van der Waals surface area contributed by atoms with E-state index in [0.29, 0.717) is 12.3 Å². The van der Waals surface area contributed by atoms with Crippen molar-refractivity contribution in [2.75, 3.05) is 37.7 Å². The van der Waals surface area contributed by atoms with Crippen LogP contribution in [-0.4, -0.2) is 54.5 Å². The predicted molar refractivity (Wildman–Crippen MR) is 91.2 cm³/mol. The van der Waals surface area contributed by atoms with Crippen LogP contribution >= 0.6 is 36.6 Å². The quantitative estimate of drug-likeness (QED) is 0.794. The predicted octanol–water partition coefficient (Wildman–Crippen LogP) is 1.51. The first-order chi connectivity index (χ1) is 8.75. The van der Waals surface area contributed by atoms with Gasteiger partial charge in [0.05, 0.1) is 0 Å². The summed E-state index contributed by atoms with van der Waals surface area (Å²) < 4.78 is 0. The number of nitrogens with zero attached hydrogens (tertiary/aromatic N) is 1. The van der Waals surface area contributed by atoms with Crippen LogP contribution in [0.25, 0.3) is 0 Å². The number of hydrogen-bond donors (Lipinski definition) is 2. The third-order valence-electron chi connectivity index (χ3n) is 4.02. The molecule has 20 heavy (non-hydrogen) atoms. The summed E-state index contributed by atoms with van der Waals surface area (Å²) in [5, 5.41) is 3.03. The monoisotopic (exact) mass is 343 g/mol. The molecule has 7 heteroatoms. The molecule has 120 valence electrons. The lowest BCUT2D eigenvalue weighted by Crippen LogP contribution is -2.40. The van der Waals surface area contributed by atoms with Gasteiger partial charge in [-0.3, -0.25) is 9.69 Å². The molecule has 2 aliphatic rings. The van der Waals surface area contributed by atoms with Crippen LogP contribution in [0.5, 0.6) is 0 Å². The Balaban J connectivity index is 0.00000180. The lowest BCUT2D eigenvalue weighted by Gasteiger charge is -2.26. The molecule has 2 rings (SSSR count). The second-order valence-electron chi connectivity index (χ2n) is 5.36. The number of rotatable bonds is 5. The highest BCUT2D eigenvalue weighted by molar-refractivity contribution is 7.99. The molecular formula is C13H27Cl2N3OS. The van der Waals surface area contributed by atoms with Gasteiger partial charge in [0, 0.05) is 50.1 Å². The van der Waals surface area contributed by atoms with E-state index in [4.69, 9.17) is 5.73 Å². The lowest BCUT2D eigenvalue weighted by atomic mass is 10.00. The summed E-state index contributed by atoms with van der Waals surface area (Å²) in [6.07, 6.45) is 4.02. The van der Waals surface area contributed by atoms with Crippen LogP contribution < -0.4 is 11.1 Å². The number of thioether (sulfide) groups is 1. The molecule has 3 N–H and O–H groups in total. The third kappa shape index (κ3) is 6.85. The Morgan fingerprint density at radius 1 is 1.25 bits per heavy atom. The average Bonchev–Trinajstić information content (AvgIpc) is 2.76. The van der Waals surface area contributed by atoms with E-state index in [1.165, 1.54) is 17.9 Å². The minimum atomic E-state index is 0. The van der Waals surface area contributed by atoms with Crippen molar-refractivity contribution < 1.29 is 4.79 Å². The highest BCUT2D eigenvalue weighted by atomic mass is 35.5. The van der Waals surface area contributed by atoms with Gasteiger partial charge in [-0.1, -0.05) is 6.42 Å². The molecule has 0 aromatic carbocycles. The minimum absolute atomic E-state index is 0. The van der Waals surface area contributed by atoms with Gasteiger partial charge in [-0.25, -0.2) is 0 Å². The molecule has 0 radical (unpaired) electrons. The van der Waals surface area contributed by atoms with Gasteiger partial charge in [0.1, 0.15) is 0 Å². The first-order valence-corrected chi connectivity index (χ1v) is 8.23. The topological polar surface area (TPSA) is 58.4 Å². The van der Waals surface area contributed by atoms with Gasteiger partial charge < -0.3 is 11.1 Å². The zero-order valence-corrected chi connectivity index (χ0v) is 14.3. The van der Waals surface area contributed by atoms with E-state index in [0.717, 1.165) is 39.0 Å². The molecule has 1 saturated carbocycles. The SMILES string of the molecule is Cl.Cl.N[C@@H]1CCC[C@H]1CC(=O)NCCN1CCSCC1. The van der Waals surface area contributed by atoms with Gasteiger partial charge in [-0.2, -0.15) is 11.8 Å². The number of carbonyl (C=O) groups is 1. The van der Waals surface area contributed by atoms with E-state index < -0.39 is 0 Å². The van der Waals surface area contributed by atoms with Crippen LogP contribution in [0.1, 0.15) is 25.7 Å². The second-order valence-corrected chi connectivity index (χ2v) is 6.59. The van der Waals surface area contributed by atoms with Gasteiger partial charge >= 0.3 is 0 Å². The maximum atomic E-state index is 11.8. The third-order valence-corrected chi connectivity index (χ3v) is 4.96. The van der Waals surface area contributed by atoms with Crippen LogP contribution in [0.2, 0.25) is 0 Å². The Morgan fingerprint density at radius 2 is 1.95 bits per heavy atom. The first kappa shape index (κ1) is 20.3. The highest BCUT2D eigenvalue weighted by Gasteiger charge is 2.25. The zero-order valence-electron chi connectivity index (χ0n) is 11.9. The van der Waals surface area contributed by atoms with Gasteiger partial charge in [-0.15, -0.1) is 24.8 Å². The van der Waals surface area contributed by atoms with Gasteiger partial charge in [0.25, 0.3) is 0 Å². The van der Waals surface area contributed by atoms with Crippen molar-refractivity contribution in [1.82, 2.24) is 10.2 Å². The van der Waals surface area contributed by atoms with Crippen molar-refractivity contribution in [3.05, 3.63) is 0 Å². The summed E-state index contributed by atoms with van der Waals surface area (Å²) in [4.78, 5) is 14.2. The molecule has 0 aromatic heterocycles. The highest BCUT2D eigenvalue weighted by Crippen LogP contribution is 2.26. The summed E-state index contributed by atoms with van der Waals surface area (Å²) in [7, 11) is 0. The fourth-order valence-electron chi connectivity index (χ4n) is 2.81. The number of amides is 1. The van der Waals surface area contributed by atoms with Gasteiger partial charge in [0.2, 0.25) is 5.91 Å². The standard InChI is InChI=1S/C13H25N3OS.2ClH/c14-12-3-1-2-11(12)10-13(17)15-4-5-16-6-8-18-9-7-16;;/h11-12H,1-10,14H2,(H,15,17);2*1H/t11-,12+;;/m0../s1. The molecule has 1 heterocycles. The largest absolute Gasteiger partial charge is 0.355 e. The zero-order chi connectivity index (χ0) is 12.8. The van der Waals surface area contributed by atoms with E-state index in [9.17, 15) is 4.79 Å². The Labute approximate surface area is 138 Å². The Bertz CT molecular complexity index is 278. The van der Waals surface area contributed by atoms with Crippen LogP contribution in [0, 0.1) is 5.92 Å². The second kappa shape index (κ2) is 11.0. The molecule has 0 unspecified atom stereocenters. The van der Waals surface area contributed by atoms with E-state index >= 15 is 0 Å². The van der Waals surface area contributed by atoms with Crippen molar-refractivity contribution in [3.63, 3.8) is 0 Å². The number of carbonyl (C=O) groups excluding carboxylic acids is 1. The summed E-state index contributed by atoms with van der Waals surface area (Å²) in [5.74, 6) is 3.05. The number of hydrogen-bond acceptors (Lipinski definition) is 4. The van der Waals surface area contributed by atoms with Crippen LogP contribution in [0.3, 0.4) is 0 Å².